The first-order valence-electron chi connectivity index (χ1n) is 8.25. The highest BCUT2D eigenvalue weighted by atomic mass is 35.5. The number of nitrogens with one attached hydrogen (secondary N) is 3. The van der Waals surface area contributed by atoms with Gasteiger partial charge in [0.25, 0.3) is 5.69 Å². The van der Waals surface area contributed by atoms with E-state index in [1.165, 1.54) is 6.20 Å². The SMILES string of the molecule is CCNC(=S)Nc1ccc2ncc(Nc3c(Cl)cc([N+](=O)[O-])cc3C#N)nc2n1. The summed E-state index contributed by atoms with van der Waals surface area (Å²) in [5.41, 5.74) is 0.791. The van der Waals surface area contributed by atoms with Gasteiger partial charge >= 0.3 is 0 Å². The Kier molecular flexibility index (Phi) is 5.96. The van der Waals surface area contributed by atoms with Gasteiger partial charge in [0, 0.05) is 18.7 Å². The average Bonchev–Trinajstić information content (AvgIpc) is 2.69. The molecule has 1 aromatic carbocycles. The zero-order valence-corrected chi connectivity index (χ0v) is 16.5. The number of pyridine rings is 1. The molecule has 2 heterocycles. The van der Waals surface area contributed by atoms with E-state index in [1.54, 1.807) is 12.1 Å². The number of hydrogen-bond donors (Lipinski definition) is 3. The molecular formula is C17H13ClN8O2S. The van der Waals surface area contributed by atoms with Crippen molar-refractivity contribution in [3.63, 3.8) is 0 Å². The first kappa shape index (κ1) is 20.1. The normalized spacial score (nSPS) is 10.2. The second kappa shape index (κ2) is 8.59. The van der Waals surface area contributed by atoms with E-state index in [9.17, 15) is 15.4 Å². The molecule has 2 aromatic heterocycles. The fraction of sp³-hybridized carbons (Fsp3) is 0.118. The maximum Gasteiger partial charge on any atom is 0.272 e. The van der Waals surface area contributed by atoms with Gasteiger partial charge in [-0.05, 0) is 31.3 Å². The number of nitro benzene ring substituents is 1. The van der Waals surface area contributed by atoms with E-state index in [0.29, 0.717) is 28.6 Å². The number of nitro groups is 1. The van der Waals surface area contributed by atoms with Gasteiger partial charge in [-0.25, -0.2) is 15.0 Å². The number of halogens is 1. The quantitative estimate of drug-likeness (QED) is 0.314. The van der Waals surface area contributed by atoms with Gasteiger partial charge in [0.05, 0.1) is 27.4 Å². The van der Waals surface area contributed by atoms with E-state index in [-0.39, 0.29) is 27.8 Å². The number of aromatic nitrogens is 3. The molecule has 12 heteroatoms. The summed E-state index contributed by atoms with van der Waals surface area (Å²) < 4.78 is 0. The van der Waals surface area contributed by atoms with E-state index < -0.39 is 4.92 Å². The summed E-state index contributed by atoms with van der Waals surface area (Å²) in [6, 6.07) is 7.62. The minimum absolute atomic E-state index is 0.00506. The van der Waals surface area contributed by atoms with Crippen molar-refractivity contribution in [2.24, 2.45) is 0 Å². The molecule has 3 rings (SSSR count). The topological polar surface area (TPSA) is 142 Å². The Morgan fingerprint density at radius 2 is 2.10 bits per heavy atom. The minimum Gasteiger partial charge on any atom is -0.363 e. The van der Waals surface area contributed by atoms with Crippen LogP contribution >= 0.6 is 23.8 Å². The molecule has 0 fully saturated rings. The lowest BCUT2D eigenvalue weighted by molar-refractivity contribution is -0.384. The molecule has 0 aliphatic heterocycles. The standard InChI is InChI=1S/C17H13ClN8O2S/c1-2-20-17(29)25-13-4-3-12-16(23-13)24-14(8-21-12)22-15-9(7-19)5-10(26(27)28)6-11(15)18/h3-6,8H,2H2,1H3,(H3,20,22,23,24,25,29). The highest BCUT2D eigenvalue weighted by Crippen LogP contribution is 2.32. The fourth-order valence-electron chi connectivity index (χ4n) is 2.39. The molecule has 0 aliphatic carbocycles. The molecule has 10 nitrogen and oxygen atoms in total. The molecule has 3 N–H and O–H groups in total. The largest absolute Gasteiger partial charge is 0.363 e. The van der Waals surface area contributed by atoms with Crippen LogP contribution in [0.1, 0.15) is 12.5 Å². The van der Waals surface area contributed by atoms with Crippen LogP contribution in [0.3, 0.4) is 0 Å². The van der Waals surface area contributed by atoms with Crippen molar-refractivity contribution in [1.82, 2.24) is 20.3 Å². The summed E-state index contributed by atoms with van der Waals surface area (Å²) in [5.74, 6) is 0.754. The second-order valence-corrected chi connectivity index (χ2v) is 6.44. The van der Waals surface area contributed by atoms with Crippen LogP contribution in [0, 0.1) is 21.4 Å². The van der Waals surface area contributed by atoms with Gasteiger partial charge in [0.15, 0.2) is 16.6 Å². The lowest BCUT2D eigenvalue weighted by atomic mass is 10.1. The maximum absolute atomic E-state index is 11.0. The van der Waals surface area contributed by atoms with E-state index in [4.69, 9.17) is 23.8 Å². The number of fused-ring (bicyclic) bond motifs is 1. The number of thiocarbonyl (C=S) groups is 1. The van der Waals surface area contributed by atoms with Crippen LogP contribution in [-0.4, -0.2) is 31.5 Å². The molecule has 3 aromatic rings. The van der Waals surface area contributed by atoms with Gasteiger partial charge in [0.2, 0.25) is 0 Å². The Labute approximate surface area is 175 Å². The molecule has 0 spiro atoms. The van der Waals surface area contributed by atoms with Gasteiger partial charge in [-0.2, -0.15) is 5.26 Å². The zero-order chi connectivity index (χ0) is 21.0. The van der Waals surface area contributed by atoms with E-state index in [1.807, 2.05) is 13.0 Å². The Bertz CT molecular complexity index is 1160. The summed E-state index contributed by atoms with van der Waals surface area (Å²) >= 11 is 11.3. The van der Waals surface area contributed by atoms with E-state index in [2.05, 4.69) is 30.9 Å². The summed E-state index contributed by atoms with van der Waals surface area (Å²) in [5, 5.41) is 29.5. The Hall–Kier alpha value is -3.62. The van der Waals surface area contributed by atoms with Crippen molar-refractivity contribution < 1.29 is 4.92 Å². The lowest BCUT2D eigenvalue weighted by Gasteiger charge is -2.11. The van der Waals surface area contributed by atoms with Crippen LogP contribution in [0.5, 0.6) is 0 Å². The predicted molar refractivity (Wildman–Crippen MR) is 113 cm³/mol. The molecule has 146 valence electrons. The first-order valence-corrected chi connectivity index (χ1v) is 9.03. The third-order valence-electron chi connectivity index (χ3n) is 3.65. The number of nitrogens with zero attached hydrogens (tertiary/aromatic N) is 5. The van der Waals surface area contributed by atoms with Gasteiger partial charge < -0.3 is 16.0 Å². The maximum atomic E-state index is 11.0. The van der Waals surface area contributed by atoms with E-state index >= 15 is 0 Å². The first-order chi connectivity index (χ1) is 13.9. The number of non-ortho nitro benzene ring substituents is 1. The zero-order valence-electron chi connectivity index (χ0n) is 14.9. The van der Waals surface area contributed by atoms with Gasteiger partial charge in [-0.3, -0.25) is 10.1 Å². The number of nitriles is 1. The highest BCUT2D eigenvalue weighted by molar-refractivity contribution is 7.80. The monoisotopic (exact) mass is 428 g/mol. The number of anilines is 3. The van der Waals surface area contributed by atoms with Crippen LogP contribution in [0.2, 0.25) is 5.02 Å². The van der Waals surface area contributed by atoms with E-state index in [0.717, 1.165) is 12.1 Å². The Morgan fingerprint density at radius 1 is 1.34 bits per heavy atom. The van der Waals surface area contributed by atoms with Crippen molar-refractivity contribution in [1.29, 1.82) is 5.26 Å². The van der Waals surface area contributed by atoms with Gasteiger partial charge in [0.1, 0.15) is 17.4 Å². The third kappa shape index (κ3) is 4.63. The van der Waals surface area contributed by atoms with Crippen molar-refractivity contribution in [3.8, 4) is 6.07 Å². The fourth-order valence-corrected chi connectivity index (χ4v) is 2.90. The highest BCUT2D eigenvalue weighted by Gasteiger charge is 2.16. The van der Waals surface area contributed by atoms with Crippen molar-refractivity contribution in [2.75, 3.05) is 17.2 Å². The van der Waals surface area contributed by atoms with Crippen LogP contribution in [0.25, 0.3) is 11.2 Å². The number of rotatable bonds is 5. The second-order valence-electron chi connectivity index (χ2n) is 5.62. The molecule has 0 atom stereocenters. The molecule has 29 heavy (non-hydrogen) atoms. The Morgan fingerprint density at radius 3 is 2.79 bits per heavy atom. The van der Waals surface area contributed by atoms with Gasteiger partial charge in [-0.1, -0.05) is 11.6 Å². The third-order valence-corrected chi connectivity index (χ3v) is 4.19. The molecule has 0 radical (unpaired) electrons. The van der Waals surface area contributed by atoms with Crippen LogP contribution in [0.15, 0.2) is 30.5 Å². The van der Waals surface area contributed by atoms with Crippen molar-refractivity contribution in [2.45, 2.75) is 6.92 Å². The van der Waals surface area contributed by atoms with Gasteiger partial charge in [-0.15, -0.1) is 0 Å². The van der Waals surface area contributed by atoms with Crippen molar-refractivity contribution in [3.05, 3.63) is 51.2 Å². The van der Waals surface area contributed by atoms with Crippen molar-refractivity contribution >= 4 is 63.1 Å². The Balaban J connectivity index is 1.94. The smallest absolute Gasteiger partial charge is 0.272 e. The molecule has 0 unspecified atom stereocenters. The number of benzene rings is 1. The van der Waals surface area contributed by atoms with Crippen LogP contribution in [-0.2, 0) is 0 Å². The van der Waals surface area contributed by atoms with Crippen LogP contribution < -0.4 is 16.0 Å². The summed E-state index contributed by atoms with van der Waals surface area (Å²) in [4.78, 5) is 23.3. The van der Waals surface area contributed by atoms with Crippen LogP contribution in [0.4, 0.5) is 23.0 Å². The summed E-state index contributed by atoms with van der Waals surface area (Å²) in [7, 11) is 0. The molecule has 0 saturated heterocycles. The molecule has 0 bridgehead atoms. The lowest BCUT2D eigenvalue weighted by Crippen LogP contribution is -2.28. The predicted octanol–water partition coefficient (Wildman–Crippen LogP) is 3.51. The molecule has 0 aliphatic rings. The summed E-state index contributed by atoms with van der Waals surface area (Å²) in [6.45, 7) is 2.59. The molecular weight excluding hydrogens is 416 g/mol. The minimum atomic E-state index is -0.622. The molecule has 0 saturated carbocycles. The number of hydrogen-bond acceptors (Lipinski definition) is 8. The summed E-state index contributed by atoms with van der Waals surface area (Å²) in [6.07, 6.45) is 1.44. The average molecular weight is 429 g/mol. The molecule has 0 amide bonds.